The number of nitrogens with one attached hydrogen (secondary N) is 1. The smallest absolute Gasteiger partial charge is 0.260 e. The maximum atomic E-state index is 12.4. The summed E-state index contributed by atoms with van der Waals surface area (Å²) in [6, 6.07) is 6.28. The van der Waals surface area contributed by atoms with Crippen molar-refractivity contribution in [2.45, 2.75) is 32.9 Å². The van der Waals surface area contributed by atoms with Crippen LogP contribution in [0.3, 0.4) is 0 Å². The molecule has 5 heteroatoms. The van der Waals surface area contributed by atoms with E-state index in [4.69, 9.17) is 9.47 Å². The van der Waals surface area contributed by atoms with Gasteiger partial charge in [0.25, 0.3) is 5.91 Å². The molecule has 0 spiro atoms. The summed E-state index contributed by atoms with van der Waals surface area (Å²) in [7, 11) is 1.60. The van der Waals surface area contributed by atoms with E-state index in [1.54, 1.807) is 7.11 Å². The van der Waals surface area contributed by atoms with Crippen molar-refractivity contribution in [1.29, 1.82) is 0 Å². The molecule has 1 amide bonds. The van der Waals surface area contributed by atoms with Crippen LogP contribution in [-0.2, 0) is 4.79 Å². The lowest BCUT2D eigenvalue weighted by molar-refractivity contribution is -0.135. The minimum absolute atomic E-state index is 0.00443. The Balaban J connectivity index is 1.98. The minimum atomic E-state index is 0.00443. The number of allylic oxidation sites excluding steroid dienone is 1. The maximum Gasteiger partial charge on any atom is 0.260 e. The summed E-state index contributed by atoms with van der Waals surface area (Å²) in [6.45, 7) is 7.58. The summed E-state index contributed by atoms with van der Waals surface area (Å²) in [5.41, 5.74) is 1.03. The van der Waals surface area contributed by atoms with Crippen LogP contribution in [0.1, 0.15) is 26.3 Å². The van der Waals surface area contributed by atoms with E-state index < -0.39 is 0 Å². The lowest BCUT2D eigenvalue weighted by atomic mass is 10.1. The third-order valence-electron chi connectivity index (χ3n) is 3.81. The lowest BCUT2D eigenvalue weighted by Crippen LogP contribution is -2.56. The monoisotopic (exact) mass is 318 g/mol. The zero-order valence-electron chi connectivity index (χ0n) is 14.3. The summed E-state index contributed by atoms with van der Waals surface area (Å²) >= 11 is 0. The van der Waals surface area contributed by atoms with Crippen LogP contribution in [0, 0.1) is 0 Å². The average Bonchev–Trinajstić information content (AvgIpc) is 2.52. The van der Waals surface area contributed by atoms with Crippen LogP contribution in [0.15, 0.2) is 24.3 Å². The van der Waals surface area contributed by atoms with Crippen LogP contribution in [0.25, 0.3) is 6.08 Å². The number of methoxy groups -OCH3 is 1. The van der Waals surface area contributed by atoms with Crippen molar-refractivity contribution in [3.63, 3.8) is 0 Å². The largest absolute Gasteiger partial charge is 0.493 e. The Morgan fingerprint density at radius 2 is 2.00 bits per heavy atom. The Bertz CT molecular complexity index is 561. The number of hydrogen-bond donors (Lipinski definition) is 1. The Hall–Kier alpha value is -2.01. The van der Waals surface area contributed by atoms with Crippen LogP contribution in [0.2, 0.25) is 0 Å². The van der Waals surface area contributed by atoms with Gasteiger partial charge in [-0.15, -0.1) is 0 Å². The quantitative estimate of drug-likeness (QED) is 0.905. The zero-order chi connectivity index (χ0) is 16.8. The molecule has 1 saturated heterocycles. The summed E-state index contributed by atoms with van der Waals surface area (Å²) in [4.78, 5) is 14.2. The van der Waals surface area contributed by atoms with Gasteiger partial charge in [-0.25, -0.2) is 0 Å². The second kappa shape index (κ2) is 8.02. The highest BCUT2D eigenvalue weighted by Gasteiger charge is 2.25. The molecular weight excluding hydrogens is 292 g/mol. The van der Waals surface area contributed by atoms with E-state index in [0.717, 1.165) is 5.56 Å². The van der Waals surface area contributed by atoms with Gasteiger partial charge in [0.1, 0.15) is 0 Å². The standard InChI is InChI=1S/C18H26N2O3/c1-5-6-15-7-8-16(17(9-15)22-4)23-12-18(21)20-10-13(2)19-14(3)11-20/h5-9,13-14,19H,10-12H2,1-4H3. The van der Waals surface area contributed by atoms with E-state index in [-0.39, 0.29) is 12.5 Å². The number of amides is 1. The van der Waals surface area contributed by atoms with Gasteiger partial charge in [-0.05, 0) is 38.5 Å². The molecule has 23 heavy (non-hydrogen) atoms. The van der Waals surface area contributed by atoms with E-state index in [1.807, 2.05) is 42.2 Å². The number of nitrogens with zero attached hydrogens (tertiary/aromatic N) is 1. The van der Waals surface area contributed by atoms with Crippen LogP contribution in [-0.4, -0.2) is 49.7 Å². The summed E-state index contributed by atoms with van der Waals surface area (Å²) in [5.74, 6) is 1.23. The molecule has 1 aliphatic heterocycles. The van der Waals surface area contributed by atoms with Gasteiger partial charge in [-0.2, -0.15) is 0 Å². The van der Waals surface area contributed by atoms with Gasteiger partial charge < -0.3 is 19.7 Å². The highest BCUT2D eigenvalue weighted by atomic mass is 16.5. The fourth-order valence-electron chi connectivity index (χ4n) is 2.86. The zero-order valence-corrected chi connectivity index (χ0v) is 14.3. The molecule has 0 saturated carbocycles. The first-order valence-corrected chi connectivity index (χ1v) is 8.00. The van der Waals surface area contributed by atoms with Crippen molar-refractivity contribution in [3.8, 4) is 11.5 Å². The van der Waals surface area contributed by atoms with Gasteiger partial charge in [0.15, 0.2) is 18.1 Å². The SMILES string of the molecule is CC=Cc1ccc(OCC(=O)N2CC(C)NC(C)C2)c(OC)c1. The van der Waals surface area contributed by atoms with Crippen molar-refractivity contribution in [2.75, 3.05) is 26.8 Å². The Morgan fingerprint density at radius 3 is 2.61 bits per heavy atom. The molecule has 0 aromatic heterocycles. The van der Waals surface area contributed by atoms with Crippen LogP contribution in [0.5, 0.6) is 11.5 Å². The number of carbonyl (C=O) groups excluding carboxylic acids is 1. The molecule has 0 aliphatic carbocycles. The molecule has 2 unspecified atom stereocenters. The number of hydrogen-bond acceptors (Lipinski definition) is 4. The number of piperazine rings is 1. The van der Waals surface area contributed by atoms with E-state index in [1.165, 1.54) is 0 Å². The molecular formula is C18H26N2O3. The first kappa shape index (κ1) is 17.3. The van der Waals surface area contributed by atoms with Crippen molar-refractivity contribution in [3.05, 3.63) is 29.8 Å². The predicted octanol–water partition coefficient (Wildman–Crippen LogP) is 2.32. The molecule has 0 radical (unpaired) electrons. The molecule has 1 N–H and O–H groups in total. The molecule has 1 aromatic rings. The molecule has 5 nitrogen and oxygen atoms in total. The normalized spacial score (nSPS) is 21.5. The Morgan fingerprint density at radius 1 is 1.30 bits per heavy atom. The molecule has 0 bridgehead atoms. The first-order chi connectivity index (χ1) is 11.0. The van der Waals surface area contributed by atoms with Gasteiger partial charge in [-0.1, -0.05) is 18.2 Å². The van der Waals surface area contributed by atoms with Crippen molar-refractivity contribution in [2.24, 2.45) is 0 Å². The fourth-order valence-corrected chi connectivity index (χ4v) is 2.86. The third kappa shape index (κ3) is 4.73. The highest BCUT2D eigenvalue weighted by Crippen LogP contribution is 2.28. The third-order valence-corrected chi connectivity index (χ3v) is 3.81. The second-order valence-electron chi connectivity index (χ2n) is 5.97. The van der Waals surface area contributed by atoms with Crippen molar-refractivity contribution >= 4 is 12.0 Å². The molecule has 1 aliphatic rings. The topological polar surface area (TPSA) is 50.8 Å². The van der Waals surface area contributed by atoms with Gasteiger partial charge in [0.2, 0.25) is 0 Å². The summed E-state index contributed by atoms with van der Waals surface area (Å²) in [5, 5.41) is 3.41. The number of rotatable bonds is 5. The van der Waals surface area contributed by atoms with Gasteiger partial charge in [0, 0.05) is 25.2 Å². The Labute approximate surface area is 138 Å². The van der Waals surface area contributed by atoms with Crippen molar-refractivity contribution < 1.29 is 14.3 Å². The molecule has 126 valence electrons. The van der Waals surface area contributed by atoms with Gasteiger partial charge in [-0.3, -0.25) is 4.79 Å². The molecule has 1 fully saturated rings. The number of ether oxygens (including phenoxy) is 2. The van der Waals surface area contributed by atoms with E-state index in [0.29, 0.717) is 36.7 Å². The average molecular weight is 318 g/mol. The van der Waals surface area contributed by atoms with E-state index >= 15 is 0 Å². The predicted molar refractivity (Wildman–Crippen MR) is 91.8 cm³/mol. The highest BCUT2D eigenvalue weighted by molar-refractivity contribution is 5.78. The van der Waals surface area contributed by atoms with Gasteiger partial charge in [0.05, 0.1) is 7.11 Å². The van der Waals surface area contributed by atoms with E-state index in [9.17, 15) is 4.79 Å². The number of benzene rings is 1. The minimum Gasteiger partial charge on any atom is -0.493 e. The molecule has 2 atom stereocenters. The van der Waals surface area contributed by atoms with E-state index in [2.05, 4.69) is 19.2 Å². The summed E-state index contributed by atoms with van der Waals surface area (Å²) in [6.07, 6.45) is 3.95. The molecule has 1 aromatic carbocycles. The fraction of sp³-hybridized carbons (Fsp3) is 0.500. The molecule has 1 heterocycles. The van der Waals surface area contributed by atoms with Crippen LogP contribution in [0.4, 0.5) is 0 Å². The number of carbonyl (C=O) groups is 1. The Kier molecular flexibility index (Phi) is 6.04. The van der Waals surface area contributed by atoms with Crippen LogP contribution >= 0.6 is 0 Å². The van der Waals surface area contributed by atoms with Crippen molar-refractivity contribution in [1.82, 2.24) is 10.2 Å². The summed E-state index contributed by atoms with van der Waals surface area (Å²) < 4.78 is 11.0. The maximum absolute atomic E-state index is 12.4. The second-order valence-corrected chi connectivity index (χ2v) is 5.97. The van der Waals surface area contributed by atoms with Crippen LogP contribution < -0.4 is 14.8 Å². The first-order valence-electron chi connectivity index (χ1n) is 8.00. The molecule has 2 rings (SSSR count). The lowest BCUT2D eigenvalue weighted by Gasteiger charge is -2.36. The van der Waals surface area contributed by atoms with Gasteiger partial charge >= 0.3 is 0 Å².